The van der Waals surface area contributed by atoms with Gasteiger partial charge in [0.2, 0.25) is 0 Å². The predicted octanol–water partition coefficient (Wildman–Crippen LogP) is 15.6. The first-order valence-electron chi connectivity index (χ1n) is 18.1. The van der Waals surface area contributed by atoms with E-state index in [-0.39, 0.29) is 0 Å². The Morgan fingerprint density at radius 2 is 0.833 bits per heavy atom. The van der Waals surface area contributed by atoms with Crippen LogP contribution in [0.2, 0.25) is 5.02 Å². The molecule has 4 heteroatoms. The van der Waals surface area contributed by atoms with E-state index >= 15 is 0 Å². The van der Waals surface area contributed by atoms with E-state index < -0.39 is 0 Å². The van der Waals surface area contributed by atoms with Gasteiger partial charge in [0, 0.05) is 64.1 Å². The topological polar surface area (TPSA) is 6.48 Å². The summed E-state index contributed by atoms with van der Waals surface area (Å²) in [7, 11) is 0. The summed E-state index contributed by atoms with van der Waals surface area (Å²) in [6, 6.07) is 71.5. The van der Waals surface area contributed by atoms with E-state index in [1.165, 1.54) is 30.9 Å². The third-order valence-electron chi connectivity index (χ3n) is 10.3. The van der Waals surface area contributed by atoms with Crippen molar-refractivity contribution in [3.63, 3.8) is 0 Å². The Hall–Kier alpha value is -6.39. The SMILES string of the molecule is Clc1ccc(-c2cc(N(c3ccccc3)c3ccccc3)c3c(c2)sc2c4ccccc4c(N(c4ccccc4)c4ccccc4)cc23)c2ccccc12. The van der Waals surface area contributed by atoms with Crippen LogP contribution in [0.5, 0.6) is 0 Å². The molecule has 0 bridgehead atoms. The van der Waals surface area contributed by atoms with E-state index in [2.05, 4.69) is 204 Å². The molecule has 0 amide bonds. The molecule has 0 unspecified atom stereocenters. The van der Waals surface area contributed by atoms with E-state index in [1.807, 2.05) is 17.4 Å². The molecule has 9 aromatic carbocycles. The second kappa shape index (κ2) is 13.5. The number of nitrogens with zero attached hydrogens (tertiary/aromatic N) is 2. The maximum atomic E-state index is 6.78. The lowest BCUT2D eigenvalue weighted by atomic mass is 9.95. The van der Waals surface area contributed by atoms with Crippen LogP contribution in [0.25, 0.3) is 52.8 Å². The van der Waals surface area contributed by atoms with Crippen molar-refractivity contribution in [1.82, 2.24) is 0 Å². The predicted molar refractivity (Wildman–Crippen MR) is 234 cm³/mol. The molecule has 0 aliphatic carbocycles. The molecule has 256 valence electrons. The van der Waals surface area contributed by atoms with Crippen LogP contribution in [0.3, 0.4) is 0 Å². The number of fused-ring (bicyclic) bond motifs is 6. The van der Waals surface area contributed by atoms with Crippen LogP contribution < -0.4 is 9.80 Å². The lowest BCUT2D eigenvalue weighted by Gasteiger charge is -2.28. The molecule has 0 N–H and O–H groups in total. The maximum Gasteiger partial charge on any atom is 0.0560 e. The largest absolute Gasteiger partial charge is 0.310 e. The highest BCUT2D eigenvalue weighted by Crippen LogP contribution is 2.51. The number of thiophene rings is 1. The summed E-state index contributed by atoms with van der Waals surface area (Å²) in [5, 5.41) is 7.83. The number of anilines is 6. The van der Waals surface area contributed by atoms with Crippen molar-refractivity contribution in [3.05, 3.63) is 205 Å². The van der Waals surface area contributed by atoms with Gasteiger partial charge >= 0.3 is 0 Å². The zero-order chi connectivity index (χ0) is 36.0. The Morgan fingerprint density at radius 1 is 0.370 bits per heavy atom. The maximum absolute atomic E-state index is 6.78. The number of hydrogen-bond acceptors (Lipinski definition) is 3. The van der Waals surface area contributed by atoms with Gasteiger partial charge < -0.3 is 9.80 Å². The summed E-state index contributed by atoms with van der Waals surface area (Å²) in [6.45, 7) is 0. The first-order chi connectivity index (χ1) is 26.7. The van der Waals surface area contributed by atoms with Gasteiger partial charge in [0.05, 0.1) is 11.4 Å². The molecule has 0 atom stereocenters. The molecular formula is C50H33ClN2S. The quantitative estimate of drug-likeness (QED) is 0.161. The number of rotatable bonds is 7. The van der Waals surface area contributed by atoms with E-state index in [0.29, 0.717) is 0 Å². The van der Waals surface area contributed by atoms with Gasteiger partial charge in [0.25, 0.3) is 0 Å². The van der Waals surface area contributed by atoms with Crippen molar-refractivity contribution in [1.29, 1.82) is 0 Å². The fourth-order valence-electron chi connectivity index (χ4n) is 7.88. The molecule has 0 radical (unpaired) electrons. The summed E-state index contributed by atoms with van der Waals surface area (Å²) in [5.74, 6) is 0. The van der Waals surface area contributed by atoms with Crippen LogP contribution in [-0.2, 0) is 0 Å². The number of para-hydroxylation sites is 4. The highest BCUT2D eigenvalue weighted by Gasteiger charge is 2.24. The molecule has 2 nitrogen and oxygen atoms in total. The van der Waals surface area contributed by atoms with Crippen molar-refractivity contribution in [3.8, 4) is 11.1 Å². The van der Waals surface area contributed by atoms with E-state index in [9.17, 15) is 0 Å². The second-order valence-electron chi connectivity index (χ2n) is 13.4. The molecule has 10 aromatic rings. The summed E-state index contributed by atoms with van der Waals surface area (Å²) < 4.78 is 2.49. The first-order valence-corrected chi connectivity index (χ1v) is 19.3. The number of benzene rings is 9. The van der Waals surface area contributed by atoms with Gasteiger partial charge in [-0.05, 0) is 89.3 Å². The molecular weight excluding hydrogens is 696 g/mol. The molecule has 54 heavy (non-hydrogen) atoms. The molecule has 0 fully saturated rings. The Labute approximate surface area is 323 Å². The molecule has 1 heterocycles. The zero-order valence-corrected chi connectivity index (χ0v) is 30.8. The van der Waals surface area contributed by atoms with Gasteiger partial charge in [-0.2, -0.15) is 0 Å². The zero-order valence-electron chi connectivity index (χ0n) is 29.2. The van der Waals surface area contributed by atoms with Crippen LogP contribution in [0.15, 0.2) is 200 Å². The summed E-state index contributed by atoms with van der Waals surface area (Å²) in [4.78, 5) is 4.81. The van der Waals surface area contributed by atoms with Gasteiger partial charge in [-0.3, -0.25) is 0 Å². The fraction of sp³-hybridized carbons (Fsp3) is 0. The standard InChI is InChI=1S/C50H33ClN2S/c51-45-30-29-39(40-25-13-14-26-41(40)45)34-31-47(53(37-21-9-3-10-22-37)38-23-11-4-12-24-38)49-44-33-46(42-27-15-16-28-43(42)50(44)54-48(49)32-34)52(35-17-5-1-6-18-35)36-19-7-2-8-20-36/h1-33H. The van der Waals surface area contributed by atoms with Crippen molar-refractivity contribution in [2.24, 2.45) is 0 Å². The lowest BCUT2D eigenvalue weighted by Crippen LogP contribution is -2.11. The molecule has 1 aromatic heterocycles. The molecule has 0 saturated carbocycles. The average Bonchev–Trinajstić information content (AvgIpc) is 3.62. The Balaban J connectivity index is 1.35. The smallest absolute Gasteiger partial charge is 0.0560 e. The fourth-order valence-corrected chi connectivity index (χ4v) is 9.39. The molecule has 0 aliphatic heterocycles. The van der Waals surface area contributed by atoms with Gasteiger partial charge in [0.1, 0.15) is 0 Å². The average molecular weight is 729 g/mol. The van der Waals surface area contributed by atoms with Gasteiger partial charge in [-0.25, -0.2) is 0 Å². The van der Waals surface area contributed by atoms with Crippen LogP contribution in [0.4, 0.5) is 34.1 Å². The highest BCUT2D eigenvalue weighted by molar-refractivity contribution is 7.26. The van der Waals surface area contributed by atoms with Crippen molar-refractivity contribution in [2.75, 3.05) is 9.80 Å². The Morgan fingerprint density at radius 3 is 1.39 bits per heavy atom. The minimum absolute atomic E-state index is 0.757. The summed E-state index contributed by atoms with van der Waals surface area (Å²) in [5.41, 5.74) is 8.98. The van der Waals surface area contributed by atoms with E-state index in [0.717, 1.165) is 61.0 Å². The number of hydrogen-bond donors (Lipinski definition) is 0. The van der Waals surface area contributed by atoms with Crippen molar-refractivity contribution < 1.29 is 0 Å². The highest BCUT2D eigenvalue weighted by atomic mass is 35.5. The van der Waals surface area contributed by atoms with Crippen LogP contribution in [0, 0.1) is 0 Å². The minimum atomic E-state index is 0.757. The van der Waals surface area contributed by atoms with Gasteiger partial charge in [-0.15, -0.1) is 11.3 Å². The first kappa shape index (κ1) is 32.3. The van der Waals surface area contributed by atoms with Gasteiger partial charge in [0.15, 0.2) is 0 Å². The van der Waals surface area contributed by atoms with Crippen LogP contribution in [0.1, 0.15) is 0 Å². The molecule has 0 saturated heterocycles. The van der Waals surface area contributed by atoms with E-state index in [1.54, 1.807) is 0 Å². The Kier molecular flexibility index (Phi) is 8.10. The molecule has 0 spiro atoms. The lowest BCUT2D eigenvalue weighted by molar-refractivity contribution is 1.30. The van der Waals surface area contributed by atoms with Crippen molar-refractivity contribution >= 4 is 98.8 Å². The third kappa shape index (κ3) is 5.49. The Bertz CT molecular complexity index is 2860. The second-order valence-corrected chi connectivity index (χ2v) is 14.9. The van der Waals surface area contributed by atoms with Crippen LogP contribution >= 0.6 is 22.9 Å². The molecule has 0 aliphatic rings. The minimum Gasteiger partial charge on any atom is -0.310 e. The third-order valence-corrected chi connectivity index (χ3v) is 11.8. The molecule has 10 rings (SSSR count). The van der Waals surface area contributed by atoms with Crippen LogP contribution in [-0.4, -0.2) is 0 Å². The summed E-state index contributed by atoms with van der Waals surface area (Å²) in [6.07, 6.45) is 0. The van der Waals surface area contributed by atoms with E-state index in [4.69, 9.17) is 11.6 Å². The summed E-state index contributed by atoms with van der Waals surface area (Å²) >= 11 is 8.65. The van der Waals surface area contributed by atoms with Gasteiger partial charge in [-0.1, -0.05) is 139 Å². The number of halogens is 1. The van der Waals surface area contributed by atoms with Crippen molar-refractivity contribution in [2.45, 2.75) is 0 Å². The normalized spacial score (nSPS) is 11.4. The monoisotopic (exact) mass is 728 g/mol.